The Bertz CT molecular complexity index is 1660. The first-order valence-electron chi connectivity index (χ1n) is 25.9. The summed E-state index contributed by atoms with van der Waals surface area (Å²) in [7, 11) is 0. The number of quaternary nitrogens is 1. The van der Waals surface area contributed by atoms with Crippen molar-refractivity contribution in [2.75, 3.05) is 26.2 Å². The van der Waals surface area contributed by atoms with Gasteiger partial charge in [0.1, 0.15) is 23.9 Å². The number of amidine groups is 2. The molecule has 10 heteroatoms. The van der Waals surface area contributed by atoms with Crippen LogP contribution in [0.2, 0.25) is 0 Å². The highest BCUT2D eigenvalue weighted by atomic mass is 16.4. The van der Waals surface area contributed by atoms with Gasteiger partial charge in [0.05, 0.1) is 19.5 Å². The second-order valence-electron chi connectivity index (χ2n) is 20.8. The highest BCUT2D eigenvalue weighted by Crippen LogP contribution is 2.38. The van der Waals surface area contributed by atoms with Crippen LogP contribution in [-0.2, 0) is 33.3 Å². The molecule has 0 radical (unpaired) electrons. The van der Waals surface area contributed by atoms with Crippen LogP contribution in [0.3, 0.4) is 0 Å². The Morgan fingerprint density at radius 3 is 1.38 bits per heavy atom. The van der Waals surface area contributed by atoms with Crippen LogP contribution in [0.5, 0.6) is 11.5 Å². The highest BCUT2D eigenvalue weighted by molar-refractivity contribution is 5.86. The molecule has 6 N–H and O–H groups in total. The van der Waals surface area contributed by atoms with Crippen LogP contribution in [0.4, 0.5) is 0 Å². The molecular weight excluding hydrogens is 825 g/mol. The number of benzene rings is 2. The number of aromatic hydroxyl groups is 2. The van der Waals surface area contributed by atoms with Crippen molar-refractivity contribution in [2.45, 2.75) is 235 Å². The van der Waals surface area contributed by atoms with Gasteiger partial charge in [0, 0.05) is 25.4 Å². The second-order valence-corrected chi connectivity index (χ2v) is 20.8. The maximum absolute atomic E-state index is 10.5. The zero-order valence-electron chi connectivity index (χ0n) is 44.1. The largest absolute Gasteiger partial charge is 0.550 e. The number of nitrogens with two attached hydrogens (primary N) is 1. The smallest absolute Gasteiger partial charge is 0.303 e. The monoisotopic (exact) mass is 921 g/mol. The summed E-state index contributed by atoms with van der Waals surface area (Å²) in [6.45, 7) is 29.3. The standard InChI is InChI=1S/2C16H24N2O.2C12H24O2/c2*1-10-8-13(16(3,4)5)15(19)11(2)12(10)9-14-17-6-7-18-14;2*1-2-3-4-5-6-7-8-9-10-11-12(13)14/h2*8,19H,6-7,9H2,1-5H3,(H,17,18);2*2-11H2,1H3,(H,13,14). The molecule has 0 atom stereocenters. The van der Waals surface area contributed by atoms with Gasteiger partial charge in [0.25, 0.3) is 0 Å². The fourth-order valence-corrected chi connectivity index (χ4v) is 8.43. The third kappa shape index (κ3) is 24.7. The number of phenolic OH excluding ortho intramolecular Hbond substituents is 2. The predicted octanol–water partition coefficient (Wildman–Crippen LogP) is 11.3. The molecule has 376 valence electrons. The third-order valence-electron chi connectivity index (χ3n) is 12.7. The first-order valence-corrected chi connectivity index (χ1v) is 25.9. The van der Waals surface area contributed by atoms with Crippen molar-refractivity contribution in [1.82, 2.24) is 5.32 Å². The van der Waals surface area contributed by atoms with Crippen molar-refractivity contribution in [2.24, 2.45) is 9.98 Å². The van der Waals surface area contributed by atoms with Crippen molar-refractivity contribution in [1.29, 1.82) is 0 Å². The topological polar surface area (TPSA) is 171 Å². The Balaban J connectivity index is 0.000000446. The minimum Gasteiger partial charge on any atom is -0.550 e. The lowest BCUT2D eigenvalue weighted by molar-refractivity contribution is -0.529. The van der Waals surface area contributed by atoms with Gasteiger partial charge >= 0.3 is 5.97 Å². The van der Waals surface area contributed by atoms with Gasteiger partial charge in [-0.05, 0) is 102 Å². The van der Waals surface area contributed by atoms with Crippen molar-refractivity contribution in [3.63, 3.8) is 0 Å². The molecule has 10 nitrogen and oxygen atoms in total. The number of aryl methyl sites for hydroxylation is 2. The quantitative estimate of drug-likeness (QED) is 0.0652. The average molecular weight is 921 g/mol. The number of nitrogens with one attached hydrogen (secondary N) is 1. The number of hydrogen-bond acceptors (Lipinski definition) is 8. The number of phenols is 2. The summed E-state index contributed by atoms with van der Waals surface area (Å²) in [6.07, 6.45) is 24.3. The van der Waals surface area contributed by atoms with Crippen LogP contribution in [0.15, 0.2) is 22.1 Å². The number of carboxylic acids is 2. The van der Waals surface area contributed by atoms with E-state index in [4.69, 9.17) is 5.11 Å². The van der Waals surface area contributed by atoms with Gasteiger partial charge in [0.15, 0.2) is 5.84 Å². The Hall–Kier alpha value is -3.92. The van der Waals surface area contributed by atoms with Crippen LogP contribution in [-0.4, -0.2) is 65.1 Å². The predicted molar refractivity (Wildman–Crippen MR) is 276 cm³/mol. The molecule has 0 saturated heterocycles. The lowest BCUT2D eigenvalue weighted by atomic mass is 9.82. The summed E-state index contributed by atoms with van der Waals surface area (Å²) in [6, 6.07) is 4.25. The number of carboxylic acid groups (broad SMARTS) is 2. The summed E-state index contributed by atoms with van der Waals surface area (Å²) in [5.41, 5.74) is 8.88. The summed E-state index contributed by atoms with van der Waals surface area (Å²) < 4.78 is 0. The number of aliphatic carboxylic acids is 2. The van der Waals surface area contributed by atoms with E-state index in [-0.39, 0.29) is 17.3 Å². The van der Waals surface area contributed by atoms with E-state index < -0.39 is 11.9 Å². The Kier molecular flexibility index (Phi) is 29.8. The Morgan fingerprint density at radius 1 is 0.621 bits per heavy atom. The van der Waals surface area contributed by atoms with E-state index in [0.717, 1.165) is 98.6 Å². The van der Waals surface area contributed by atoms with Gasteiger partial charge < -0.3 is 30.5 Å². The van der Waals surface area contributed by atoms with Gasteiger partial charge in [-0.15, -0.1) is 0 Å². The molecule has 0 aliphatic carbocycles. The van der Waals surface area contributed by atoms with Gasteiger partial charge in [0.2, 0.25) is 0 Å². The zero-order valence-corrected chi connectivity index (χ0v) is 44.1. The number of carbonyl (C=O) groups excluding carboxylic acids is 1. The second kappa shape index (κ2) is 32.7. The van der Waals surface area contributed by atoms with Crippen LogP contribution in [0.25, 0.3) is 0 Å². The lowest BCUT2D eigenvalue weighted by Crippen LogP contribution is -2.86. The molecule has 0 saturated carbocycles. The zero-order chi connectivity index (χ0) is 49.7. The molecule has 0 fully saturated rings. The lowest BCUT2D eigenvalue weighted by Gasteiger charge is -2.24. The van der Waals surface area contributed by atoms with Gasteiger partial charge in [-0.2, -0.15) is 0 Å². The molecule has 2 aromatic rings. The van der Waals surface area contributed by atoms with E-state index >= 15 is 0 Å². The molecule has 0 amide bonds. The summed E-state index contributed by atoms with van der Waals surface area (Å²) in [5, 5.41) is 44.9. The van der Waals surface area contributed by atoms with Crippen molar-refractivity contribution < 1.29 is 35.3 Å². The van der Waals surface area contributed by atoms with E-state index in [0.29, 0.717) is 17.9 Å². The van der Waals surface area contributed by atoms with E-state index in [9.17, 15) is 24.9 Å². The SMILES string of the molecule is CCCCCCCCCCCC(=O)O.CCCCCCCCCCCC(=O)[O-].Cc1cc(C(C)(C)C)c(O)c(C)c1CC1=NCCN1.Cc1cc(C(C)(C)C)c(O)c(C)c1CC1=NCC[NH2+]1. The normalized spacial score (nSPS) is 13.3. The van der Waals surface area contributed by atoms with Crippen LogP contribution in [0.1, 0.15) is 228 Å². The minimum absolute atomic E-state index is 0.0326. The van der Waals surface area contributed by atoms with Crippen molar-refractivity contribution in [3.05, 3.63) is 56.6 Å². The Morgan fingerprint density at radius 2 is 1.03 bits per heavy atom. The molecule has 2 aromatic carbocycles. The fourth-order valence-electron chi connectivity index (χ4n) is 8.43. The van der Waals surface area contributed by atoms with Gasteiger partial charge in [-0.1, -0.05) is 170 Å². The number of hydrogen-bond donors (Lipinski definition) is 5. The van der Waals surface area contributed by atoms with Crippen LogP contribution >= 0.6 is 0 Å². The highest BCUT2D eigenvalue weighted by Gasteiger charge is 2.25. The molecule has 0 spiro atoms. The number of aliphatic imine (C=N–C) groups is 2. The van der Waals surface area contributed by atoms with Gasteiger partial charge in [-0.3, -0.25) is 15.1 Å². The van der Waals surface area contributed by atoms with E-state index in [2.05, 4.69) is 102 Å². The summed E-state index contributed by atoms with van der Waals surface area (Å²) in [4.78, 5) is 29.2. The molecule has 2 aliphatic rings. The van der Waals surface area contributed by atoms with E-state index in [1.165, 1.54) is 112 Å². The van der Waals surface area contributed by atoms with E-state index in [1.54, 1.807) is 0 Å². The van der Waals surface area contributed by atoms with E-state index in [1.807, 2.05) is 13.8 Å². The molecule has 0 bridgehead atoms. The molecule has 2 heterocycles. The first kappa shape index (κ1) is 60.1. The first-order chi connectivity index (χ1) is 31.1. The number of nitrogens with zero attached hydrogens (tertiary/aromatic N) is 2. The molecule has 2 aliphatic heterocycles. The third-order valence-corrected chi connectivity index (χ3v) is 12.7. The minimum atomic E-state index is -0.909. The number of rotatable bonds is 24. The molecule has 4 rings (SSSR count). The maximum atomic E-state index is 10.5. The summed E-state index contributed by atoms with van der Waals surface area (Å²) >= 11 is 0. The average Bonchev–Trinajstić information content (AvgIpc) is 3.97. The maximum Gasteiger partial charge on any atom is 0.303 e. The van der Waals surface area contributed by atoms with Crippen molar-refractivity contribution in [3.8, 4) is 11.5 Å². The molecule has 0 unspecified atom stereocenters. The number of carbonyl (C=O) groups is 2. The Labute approximate surface area is 402 Å². The summed E-state index contributed by atoms with van der Waals surface area (Å²) in [5.74, 6) is 1.52. The molecular formula is C56H96N4O6. The van der Waals surface area contributed by atoms with Gasteiger partial charge in [-0.25, -0.2) is 4.99 Å². The van der Waals surface area contributed by atoms with Crippen LogP contribution in [0, 0.1) is 27.7 Å². The fraction of sp³-hybridized carbons (Fsp3) is 0.714. The molecule has 0 aromatic heterocycles. The van der Waals surface area contributed by atoms with Crippen LogP contribution < -0.4 is 15.7 Å². The van der Waals surface area contributed by atoms with Crippen molar-refractivity contribution >= 4 is 23.6 Å². The number of unbranched alkanes of at least 4 members (excludes halogenated alkanes) is 16. The molecule has 66 heavy (non-hydrogen) atoms.